The van der Waals surface area contributed by atoms with Crippen molar-refractivity contribution in [3.8, 4) is 0 Å². The van der Waals surface area contributed by atoms with Gasteiger partial charge in [0.2, 0.25) is 0 Å². The zero-order chi connectivity index (χ0) is 11.9. The van der Waals surface area contributed by atoms with Crippen molar-refractivity contribution in [2.75, 3.05) is 14.1 Å². The third-order valence-corrected chi connectivity index (χ3v) is 9.54. The van der Waals surface area contributed by atoms with Crippen LogP contribution < -0.4 is 0 Å². The molecule has 0 saturated heterocycles. The number of nitrogens with zero attached hydrogens (tertiary/aromatic N) is 1. The third-order valence-electron chi connectivity index (χ3n) is 3.55. The molecule has 0 aromatic carbocycles. The quantitative estimate of drug-likeness (QED) is 0.597. The van der Waals surface area contributed by atoms with E-state index in [1.807, 2.05) is 0 Å². The normalized spacial score (nSPS) is 18.3. The molecule has 2 unspecified atom stereocenters. The van der Waals surface area contributed by atoms with Crippen molar-refractivity contribution in [3.05, 3.63) is 11.8 Å². The van der Waals surface area contributed by atoms with Crippen LogP contribution in [0.3, 0.4) is 0 Å². The van der Waals surface area contributed by atoms with Gasteiger partial charge in [-0.1, -0.05) is 51.1 Å². The van der Waals surface area contributed by atoms with Gasteiger partial charge >= 0.3 is 0 Å². The van der Waals surface area contributed by atoms with Crippen molar-refractivity contribution in [2.45, 2.75) is 58.3 Å². The fourth-order valence-corrected chi connectivity index (χ4v) is 8.19. The summed E-state index contributed by atoms with van der Waals surface area (Å²) in [6.45, 7) is 9.22. The van der Waals surface area contributed by atoms with Gasteiger partial charge in [0.25, 0.3) is 0 Å². The molecule has 0 saturated carbocycles. The van der Waals surface area contributed by atoms with Gasteiger partial charge in [-0.15, -0.1) is 0 Å². The molecule has 15 heavy (non-hydrogen) atoms. The van der Waals surface area contributed by atoms with Gasteiger partial charge in [-0.05, 0) is 27.4 Å². The fourth-order valence-electron chi connectivity index (χ4n) is 2.97. The predicted molar refractivity (Wildman–Crippen MR) is 73.9 cm³/mol. The standard InChI is InChI=1S/C13H29NSi/c1-7-11-15(10-4,12-8-2)13(9-3)14(5)6/h7,11,13H,8-10,12H2,1-6H3. The Morgan fingerprint density at radius 1 is 1.20 bits per heavy atom. The van der Waals surface area contributed by atoms with Gasteiger partial charge in [-0.2, -0.15) is 0 Å². The lowest BCUT2D eigenvalue weighted by Crippen LogP contribution is -2.52. The number of hydrogen-bond acceptors (Lipinski definition) is 1. The smallest absolute Gasteiger partial charge is 0.0953 e. The summed E-state index contributed by atoms with van der Waals surface area (Å²) in [6.07, 6.45) is 4.91. The highest BCUT2D eigenvalue weighted by Gasteiger charge is 2.36. The molecule has 0 rings (SSSR count). The summed E-state index contributed by atoms with van der Waals surface area (Å²) in [6, 6.07) is 2.81. The molecule has 0 amide bonds. The Hall–Kier alpha value is -0.0831. The molecule has 0 aromatic rings. The van der Waals surface area contributed by atoms with Gasteiger partial charge < -0.3 is 4.90 Å². The van der Waals surface area contributed by atoms with Crippen molar-refractivity contribution in [1.29, 1.82) is 0 Å². The average molecular weight is 227 g/mol. The minimum atomic E-state index is -1.22. The molecule has 0 N–H and O–H groups in total. The fraction of sp³-hybridized carbons (Fsp3) is 0.846. The summed E-state index contributed by atoms with van der Waals surface area (Å²) in [7, 11) is 3.26. The first kappa shape index (κ1) is 14.9. The van der Waals surface area contributed by atoms with Crippen LogP contribution in [-0.2, 0) is 0 Å². The minimum Gasteiger partial charge on any atom is -0.309 e. The molecular formula is C13H29NSi. The van der Waals surface area contributed by atoms with E-state index in [-0.39, 0.29) is 0 Å². The van der Waals surface area contributed by atoms with Gasteiger partial charge in [0.05, 0.1) is 8.07 Å². The maximum absolute atomic E-state index is 2.57. The van der Waals surface area contributed by atoms with E-state index in [4.69, 9.17) is 0 Å². The van der Waals surface area contributed by atoms with E-state index in [2.05, 4.69) is 58.5 Å². The highest BCUT2D eigenvalue weighted by Crippen LogP contribution is 2.27. The highest BCUT2D eigenvalue weighted by atomic mass is 28.3. The van der Waals surface area contributed by atoms with Crippen LogP contribution in [0.15, 0.2) is 11.8 Å². The van der Waals surface area contributed by atoms with E-state index in [0.29, 0.717) is 0 Å². The van der Waals surface area contributed by atoms with E-state index in [9.17, 15) is 0 Å². The van der Waals surface area contributed by atoms with Crippen LogP contribution in [0.1, 0.15) is 40.5 Å². The lowest BCUT2D eigenvalue weighted by atomic mass is 10.4. The van der Waals surface area contributed by atoms with Gasteiger partial charge in [-0.25, -0.2) is 0 Å². The Kier molecular flexibility index (Phi) is 7.19. The Labute approximate surface area is 97.6 Å². The van der Waals surface area contributed by atoms with Crippen molar-refractivity contribution >= 4 is 8.07 Å². The van der Waals surface area contributed by atoms with Crippen LogP contribution in [0.2, 0.25) is 12.1 Å². The Morgan fingerprint density at radius 2 is 1.80 bits per heavy atom. The monoisotopic (exact) mass is 227 g/mol. The second-order valence-electron chi connectivity index (χ2n) is 4.72. The van der Waals surface area contributed by atoms with Gasteiger partial charge in [0.1, 0.15) is 0 Å². The molecule has 2 heteroatoms. The van der Waals surface area contributed by atoms with Crippen LogP contribution in [0.4, 0.5) is 0 Å². The van der Waals surface area contributed by atoms with Crippen LogP contribution in [0.5, 0.6) is 0 Å². The number of hydrogen-bond donors (Lipinski definition) is 0. The molecule has 0 spiro atoms. The Bertz CT molecular complexity index is 189. The molecule has 90 valence electrons. The maximum atomic E-state index is 2.57. The van der Waals surface area contributed by atoms with E-state index >= 15 is 0 Å². The van der Waals surface area contributed by atoms with Crippen molar-refractivity contribution < 1.29 is 0 Å². The zero-order valence-corrected chi connectivity index (χ0v) is 12.5. The summed E-state index contributed by atoms with van der Waals surface area (Å²) < 4.78 is 0. The summed E-state index contributed by atoms with van der Waals surface area (Å²) in [5, 5.41) is 0. The first-order valence-electron chi connectivity index (χ1n) is 6.38. The van der Waals surface area contributed by atoms with E-state index in [1.165, 1.54) is 24.9 Å². The van der Waals surface area contributed by atoms with Crippen LogP contribution in [0, 0.1) is 0 Å². The van der Waals surface area contributed by atoms with Crippen LogP contribution >= 0.6 is 0 Å². The second kappa shape index (κ2) is 7.23. The molecule has 0 heterocycles. The molecule has 0 aliphatic rings. The van der Waals surface area contributed by atoms with E-state index < -0.39 is 8.07 Å². The Morgan fingerprint density at radius 3 is 2.07 bits per heavy atom. The van der Waals surface area contributed by atoms with E-state index in [1.54, 1.807) is 0 Å². The van der Waals surface area contributed by atoms with Crippen LogP contribution in [-0.4, -0.2) is 32.7 Å². The molecule has 0 bridgehead atoms. The lowest BCUT2D eigenvalue weighted by Gasteiger charge is -2.39. The van der Waals surface area contributed by atoms with Gasteiger partial charge in [0, 0.05) is 5.67 Å². The average Bonchev–Trinajstić information content (AvgIpc) is 2.18. The maximum Gasteiger partial charge on any atom is 0.0953 e. The van der Waals surface area contributed by atoms with E-state index in [0.717, 1.165) is 5.67 Å². The third kappa shape index (κ3) is 3.76. The van der Waals surface area contributed by atoms with Gasteiger partial charge in [-0.3, -0.25) is 0 Å². The van der Waals surface area contributed by atoms with Crippen molar-refractivity contribution in [1.82, 2.24) is 4.90 Å². The predicted octanol–water partition coefficient (Wildman–Crippen LogP) is 3.86. The summed E-state index contributed by atoms with van der Waals surface area (Å²) in [5.74, 6) is 0. The molecule has 0 aromatic heterocycles. The van der Waals surface area contributed by atoms with Crippen molar-refractivity contribution in [2.24, 2.45) is 0 Å². The summed E-state index contributed by atoms with van der Waals surface area (Å²) >= 11 is 0. The molecule has 1 nitrogen and oxygen atoms in total. The number of rotatable bonds is 7. The molecule has 0 aliphatic heterocycles. The highest BCUT2D eigenvalue weighted by molar-refractivity contribution is 6.85. The lowest BCUT2D eigenvalue weighted by molar-refractivity contribution is 0.354. The minimum absolute atomic E-state index is 0.804. The van der Waals surface area contributed by atoms with Crippen molar-refractivity contribution in [3.63, 3.8) is 0 Å². The topological polar surface area (TPSA) is 3.24 Å². The zero-order valence-electron chi connectivity index (χ0n) is 11.5. The second-order valence-corrected chi connectivity index (χ2v) is 9.40. The molecule has 2 atom stereocenters. The first-order chi connectivity index (χ1) is 7.07. The molecular weight excluding hydrogens is 198 g/mol. The number of allylic oxidation sites excluding steroid dienone is 1. The first-order valence-corrected chi connectivity index (χ1v) is 8.95. The van der Waals surface area contributed by atoms with Crippen LogP contribution in [0.25, 0.3) is 0 Å². The Balaban J connectivity index is 5.00. The molecule has 0 radical (unpaired) electrons. The van der Waals surface area contributed by atoms with Gasteiger partial charge in [0.15, 0.2) is 0 Å². The summed E-state index contributed by atoms with van der Waals surface area (Å²) in [5.41, 5.74) is 3.38. The molecule has 0 fully saturated rings. The largest absolute Gasteiger partial charge is 0.309 e. The molecule has 0 aliphatic carbocycles. The summed E-state index contributed by atoms with van der Waals surface area (Å²) in [4.78, 5) is 2.45. The SMILES string of the molecule is CC=C[Si](CC)(CCC)C(CC)N(C)C.